The molecule has 0 radical (unpaired) electrons. The lowest BCUT2D eigenvalue weighted by Crippen LogP contribution is -2.73. The van der Waals surface area contributed by atoms with E-state index in [1.807, 2.05) is 0 Å². The Hall–Kier alpha value is -3.94. The van der Waals surface area contributed by atoms with E-state index in [1.54, 1.807) is 26.8 Å². The number of benzene rings is 2. The molecule has 1 spiro atoms. The second kappa shape index (κ2) is 9.42. The second-order valence-corrected chi connectivity index (χ2v) is 10.5. The molecule has 0 unspecified atom stereocenters. The number of piperazine rings is 1. The molecule has 2 aromatic carbocycles. The van der Waals surface area contributed by atoms with E-state index in [-0.39, 0.29) is 30.6 Å². The van der Waals surface area contributed by atoms with Gasteiger partial charge in [-0.05, 0) is 69.5 Å². The van der Waals surface area contributed by atoms with Crippen LogP contribution in [-0.4, -0.2) is 40.4 Å². The third-order valence-electron chi connectivity index (χ3n) is 6.65. The smallest absolute Gasteiger partial charge is 0.416 e. The molecule has 11 heteroatoms. The van der Waals surface area contributed by atoms with Gasteiger partial charge in [0.05, 0.1) is 28.8 Å². The van der Waals surface area contributed by atoms with Crippen molar-refractivity contribution in [1.29, 1.82) is 5.26 Å². The number of carbonyl (C=O) groups is 3. The zero-order chi connectivity index (χ0) is 28.0. The van der Waals surface area contributed by atoms with Crippen molar-refractivity contribution in [2.75, 3.05) is 11.4 Å². The number of rotatable bonds is 4. The Kier molecular flexibility index (Phi) is 6.72. The normalized spacial score (nSPS) is 21.8. The van der Waals surface area contributed by atoms with Crippen LogP contribution >= 0.6 is 0 Å². The van der Waals surface area contributed by atoms with Crippen LogP contribution in [0.2, 0.25) is 0 Å². The molecular formula is C27H25F4N3O4. The number of amides is 2. The van der Waals surface area contributed by atoms with Crippen LogP contribution in [0.25, 0.3) is 0 Å². The van der Waals surface area contributed by atoms with Gasteiger partial charge in [-0.15, -0.1) is 0 Å². The number of nitriles is 1. The Morgan fingerprint density at radius 1 is 1.11 bits per heavy atom. The average Bonchev–Trinajstić information content (AvgIpc) is 2.79. The van der Waals surface area contributed by atoms with E-state index in [4.69, 9.17) is 10.00 Å². The molecule has 1 saturated carbocycles. The third kappa shape index (κ3) is 5.08. The van der Waals surface area contributed by atoms with E-state index in [0.717, 1.165) is 23.1 Å². The summed E-state index contributed by atoms with van der Waals surface area (Å²) < 4.78 is 59.2. The molecular weight excluding hydrogens is 506 g/mol. The molecule has 4 rings (SSSR count). The van der Waals surface area contributed by atoms with Gasteiger partial charge < -0.3 is 9.64 Å². The van der Waals surface area contributed by atoms with Gasteiger partial charge in [-0.1, -0.05) is 12.1 Å². The quantitative estimate of drug-likeness (QED) is 0.426. The van der Waals surface area contributed by atoms with Crippen molar-refractivity contribution < 1.29 is 36.7 Å². The summed E-state index contributed by atoms with van der Waals surface area (Å²) in [7, 11) is 0. The fourth-order valence-corrected chi connectivity index (χ4v) is 4.81. The summed E-state index contributed by atoms with van der Waals surface area (Å²) in [6, 6.07) is 9.55. The van der Waals surface area contributed by atoms with Crippen LogP contribution in [0, 0.1) is 23.1 Å². The number of esters is 1. The third-order valence-corrected chi connectivity index (χ3v) is 6.65. The fraction of sp³-hybridized carbons (Fsp3) is 0.407. The van der Waals surface area contributed by atoms with Crippen LogP contribution in [-0.2, 0) is 31.8 Å². The second-order valence-electron chi connectivity index (χ2n) is 10.5. The van der Waals surface area contributed by atoms with Crippen LogP contribution in [0.4, 0.5) is 23.2 Å². The minimum Gasteiger partial charge on any atom is -0.460 e. The highest BCUT2D eigenvalue weighted by Crippen LogP contribution is 2.48. The van der Waals surface area contributed by atoms with Gasteiger partial charge in [0.2, 0.25) is 5.91 Å². The standard InChI is InChI=1S/C27H25F4N3O4/c1-25(2,3)38-23(36)18-11-26(12-18)24(37)33(21-9-6-17(13-32)10-20(21)28)15-22(35)34(26)14-16-4-7-19(8-5-16)27(29,30)31/h4-10,18H,11-12,14-15H2,1-3H3/t18-,26-. The molecule has 0 atom stereocenters. The first-order chi connectivity index (χ1) is 17.6. The Morgan fingerprint density at radius 3 is 2.26 bits per heavy atom. The Bertz CT molecular complexity index is 1320. The molecule has 200 valence electrons. The number of ether oxygens (including phenoxy) is 1. The minimum atomic E-state index is -4.53. The summed E-state index contributed by atoms with van der Waals surface area (Å²) in [4.78, 5) is 42.1. The lowest BCUT2D eigenvalue weighted by Gasteiger charge is -2.56. The number of anilines is 1. The molecule has 0 aromatic heterocycles. The van der Waals surface area contributed by atoms with Gasteiger partial charge in [0.25, 0.3) is 5.91 Å². The van der Waals surface area contributed by atoms with Crippen molar-refractivity contribution in [3.8, 4) is 6.07 Å². The van der Waals surface area contributed by atoms with Gasteiger partial charge in [-0.25, -0.2) is 4.39 Å². The molecule has 1 saturated heterocycles. The minimum absolute atomic E-state index is 0.0364. The van der Waals surface area contributed by atoms with Crippen molar-refractivity contribution in [1.82, 2.24) is 4.90 Å². The predicted molar refractivity (Wildman–Crippen MR) is 127 cm³/mol. The van der Waals surface area contributed by atoms with Crippen molar-refractivity contribution in [3.63, 3.8) is 0 Å². The SMILES string of the molecule is CC(C)(C)OC(=O)[C@H]1C[C@]2(C1)C(=O)N(c1ccc(C#N)cc1F)CC(=O)N2Cc1ccc(C(F)(F)F)cc1. The summed E-state index contributed by atoms with van der Waals surface area (Å²) >= 11 is 0. The highest BCUT2D eigenvalue weighted by molar-refractivity contribution is 6.10. The van der Waals surface area contributed by atoms with E-state index in [9.17, 15) is 31.9 Å². The van der Waals surface area contributed by atoms with Crippen LogP contribution in [0.3, 0.4) is 0 Å². The van der Waals surface area contributed by atoms with Gasteiger partial charge in [0.1, 0.15) is 23.5 Å². The summed E-state index contributed by atoms with van der Waals surface area (Å²) in [5, 5.41) is 9.02. The lowest BCUT2D eigenvalue weighted by atomic mass is 9.65. The first-order valence-corrected chi connectivity index (χ1v) is 11.9. The summed E-state index contributed by atoms with van der Waals surface area (Å²) in [6.45, 7) is 4.40. The maximum atomic E-state index is 14.8. The lowest BCUT2D eigenvalue weighted by molar-refractivity contribution is -0.178. The Morgan fingerprint density at radius 2 is 1.74 bits per heavy atom. The van der Waals surface area contributed by atoms with E-state index in [0.29, 0.717) is 5.56 Å². The van der Waals surface area contributed by atoms with E-state index >= 15 is 0 Å². The van der Waals surface area contributed by atoms with Crippen molar-refractivity contribution in [2.45, 2.75) is 57.5 Å². The van der Waals surface area contributed by atoms with Crippen molar-refractivity contribution >= 4 is 23.5 Å². The molecule has 1 aliphatic heterocycles. The summed E-state index contributed by atoms with van der Waals surface area (Å²) in [5.74, 6) is -3.28. The Balaban J connectivity index is 1.67. The monoisotopic (exact) mass is 531 g/mol. The maximum absolute atomic E-state index is 14.8. The molecule has 7 nitrogen and oxygen atoms in total. The first-order valence-electron chi connectivity index (χ1n) is 11.9. The number of alkyl halides is 3. The number of hydrogen-bond donors (Lipinski definition) is 0. The van der Waals surface area contributed by atoms with Gasteiger partial charge in [0, 0.05) is 6.54 Å². The van der Waals surface area contributed by atoms with E-state index in [2.05, 4.69) is 0 Å². The number of carbonyl (C=O) groups excluding carboxylic acids is 3. The molecule has 2 amide bonds. The van der Waals surface area contributed by atoms with Crippen LogP contribution in [0.15, 0.2) is 42.5 Å². The average molecular weight is 532 g/mol. The molecule has 0 N–H and O–H groups in total. The molecule has 1 heterocycles. The topological polar surface area (TPSA) is 90.7 Å². The van der Waals surface area contributed by atoms with Gasteiger partial charge in [-0.3, -0.25) is 19.3 Å². The van der Waals surface area contributed by atoms with Gasteiger partial charge in [-0.2, -0.15) is 18.4 Å². The molecule has 38 heavy (non-hydrogen) atoms. The number of nitrogens with zero attached hydrogens (tertiary/aromatic N) is 3. The van der Waals surface area contributed by atoms with Crippen LogP contribution in [0.1, 0.15) is 50.3 Å². The van der Waals surface area contributed by atoms with Gasteiger partial charge >= 0.3 is 12.1 Å². The molecule has 1 aliphatic carbocycles. The van der Waals surface area contributed by atoms with Gasteiger partial charge in [0.15, 0.2) is 0 Å². The number of hydrogen-bond acceptors (Lipinski definition) is 5. The molecule has 0 bridgehead atoms. The largest absolute Gasteiger partial charge is 0.460 e. The Labute approximate surface area is 216 Å². The zero-order valence-corrected chi connectivity index (χ0v) is 20.9. The zero-order valence-electron chi connectivity index (χ0n) is 20.9. The van der Waals surface area contributed by atoms with Crippen LogP contribution < -0.4 is 4.90 Å². The molecule has 2 fully saturated rings. The highest BCUT2D eigenvalue weighted by atomic mass is 19.4. The van der Waals surface area contributed by atoms with Crippen molar-refractivity contribution in [2.24, 2.45) is 5.92 Å². The number of halogens is 4. The summed E-state index contributed by atoms with van der Waals surface area (Å²) in [6.07, 6.45) is -4.69. The summed E-state index contributed by atoms with van der Waals surface area (Å²) in [5.41, 5.74) is -2.93. The van der Waals surface area contributed by atoms with E-state index < -0.39 is 58.9 Å². The maximum Gasteiger partial charge on any atom is 0.416 e. The van der Waals surface area contributed by atoms with Crippen LogP contribution in [0.5, 0.6) is 0 Å². The fourth-order valence-electron chi connectivity index (χ4n) is 4.81. The van der Waals surface area contributed by atoms with Crippen molar-refractivity contribution in [3.05, 3.63) is 65.0 Å². The first kappa shape index (κ1) is 27.1. The van der Waals surface area contributed by atoms with E-state index in [1.165, 1.54) is 29.2 Å². The molecule has 2 aromatic rings. The predicted octanol–water partition coefficient (Wildman–Crippen LogP) is 4.58. The highest BCUT2D eigenvalue weighted by Gasteiger charge is 2.62. The molecule has 2 aliphatic rings.